The number of aliphatic hydroxyl groups is 1. The zero-order valence-corrected chi connectivity index (χ0v) is 20.9. The van der Waals surface area contributed by atoms with E-state index in [1.165, 1.54) is 0 Å². The fraction of sp³-hybridized carbons (Fsp3) is 0.357. The first-order valence-electron chi connectivity index (χ1n) is 12.0. The van der Waals surface area contributed by atoms with Crippen LogP contribution in [0.4, 0.5) is 0 Å². The lowest BCUT2D eigenvalue weighted by Crippen LogP contribution is -2.60. The molecule has 182 valence electrons. The summed E-state index contributed by atoms with van der Waals surface area (Å²) >= 11 is 0. The molecule has 1 atom stereocenters. The monoisotopic (exact) mass is 472 g/mol. The number of piperidine rings is 1. The van der Waals surface area contributed by atoms with Crippen LogP contribution in [-0.4, -0.2) is 44.6 Å². The number of fused-ring (bicyclic) bond motifs is 1. The van der Waals surface area contributed by atoms with Gasteiger partial charge in [-0.25, -0.2) is 4.98 Å². The molecule has 0 spiro atoms. The number of oxime groups is 1. The number of methoxy groups -OCH3 is 1. The molecule has 1 unspecified atom stereocenters. The molecule has 3 heterocycles. The van der Waals surface area contributed by atoms with Gasteiger partial charge in [0.05, 0.1) is 24.8 Å². The van der Waals surface area contributed by atoms with Gasteiger partial charge in [-0.2, -0.15) is 0 Å². The van der Waals surface area contributed by atoms with E-state index in [1.807, 2.05) is 61.0 Å². The van der Waals surface area contributed by atoms with Gasteiger partial charge in [0.15, 0.2) is 5.84 Å². The van der Waals surface area contributed by atoms with Crippen LogP contribution >= 0.6 is 0 Å². The summed E-state index contributed by atoms with van der Waals surface area (Å²) < 4.78 is 7.65. The SMILES string of the molecule is COc1cc(/C=C2\CCCN3C2=NOC3(c2ccc(C)cc2)C(C)(C)O)ccc1-n1cnc(C)c1. The van der Waals surface area contributed by atoms with Crippen LogP contribution in [0, 0.1) is 13.8 Å². The number of rotatable bonds is 5. The Labute approximate surface area is 206 Å². The summed E-state index contributed by atoms with van der Waals surface area (Å²) in [6.07, 6.45) is 7.70. The second kappa shape index (κ2) is 8.57. The molecule has 2 aliphatic rings. The third kappa shape index (κ3) is 3.90. The maximum atomic E-state index is 11.3. The molecule has 3 aromatic rings. The lowest BCUT2D eigenvalue weighted by Gasteiger charge is -2.46. The van der Waals surface area contributed by atoms with E-state index in [2.05, 4.69) is 27.2 Å². The molecule has 1 aromatic heterocycles. The van der Waals surface area contributed by atoms with Crippen LogP contribution < -0.4 is 4.74 Å². The molecule has 2 aliphatic heterocycles. The second-order valence-corrected chi connectivity index (χ2v) is 9.85. The summed E-state index contributed by atoms with van der Waals surface area (Å²) in [5.41, 5.74) is 3.73. The van der Waals surface area contributed by atoms with Gasteiger partial charge in [0.1, 0.15) is 11.4 Å². The van der Waals surface area contributed by atoms with E-state index in [-0.39, 0.29) is 0 Å². The zero-order chi connectivity index (χ0) is 24.8. The number of ether oxygens (including phenoxy) is 1. The average molecular weight is 473 g/mol. The summed E-state index contributed by atoms with van der Waals surface area (Å²) in [5.74, 6) is 1.53. The first-order chi connectivity index (χ1) is 16.7. The van der Waals surface area contributed by atoms with E-state index in [4.69, 9.17) is 9.57 Å². The molecule has 0 bridgehead atoms. The van der Waals surface area contributed by atoms with Gasteiger partial charge in [0.25, 0.3) is 5.72 Å². The highest BCUT2D eigenvalue weighted by Crippen LogP contribution is 2.47. The molecule has 7 heteroatoms. The van der Waals surface area contributed by atoms with Crippen molar-refractivity contribution in [2.24, 2.45) is 5.16 Å². The Morgan fingerprint density at radius 1 is 1.14 bits per heavy atom. The van der Waals surface area contributed by atoms with Crippen molar-refractivity contribution in [1.29, 1.82) is 0 Å². The molecule has 35 heavy (non-hydrogen) atoms. The highest BCUT2D eigenvalue weighted by molar-refractivity contribution is 6.03. The molecular formula is C28H32N4O3. The minimum atomic E-state index is -1.19. The first-order valence-corrected chi connectivity index (χ1v) is 12.0. The zero-order valence-electron chi connectivity index (χ0n) is 20.9. The summed E-state index contributed by atoms with van der Waals surface area (Å²) in [7, 11) is 1.68. The molecule has 5 rings (SSSR count). The van der Waals surface area contributed by atoms with Crippen LogP contribution in [0.5, 0.6) is 5.75 Å². The molecule has 0 aliphatic carbocycles. The van der Waals surface area contributed by atoms with Crippen molar-refractivity contribution in [3.8, 4) is 11.4 Å². The van der Waals surface area contributed by atoms with Crippen molar-refractivity contribution in [2.45, 2.75) is 51.9 Å². The van der Waals surface area contributed by atoms with Gasteiger partial charge >= 0.3 is 0 Å². The number of hydrogen-bond donors (Lipinski definition) is 1. The van der Waals surface area contributed by atoms with Gasteiger partial charge in [-0.3, -0.25) is 0 Å². The summed E-state index contributed by atoms with van der Waals surface area (Å²) in [5, 5.41) is 15.9. The molecule has 7 nitrogen and oxygen atoms in total. The van der Waals surface area contributed by atoms with Crippen molar-refractivity contribution in [2.75, 3.05) is 13.7 Å². The van der Waals surface area contributed by atoms with Crippen molar-refractivity contribution < 1.29 is 14.7 Å². The van der Waals surface area contributed by atoms with Crippen LogP contribution in [0.25, 0.3) is 11.8 Å². The topological polar surface area (TPSA) is 72.1 Å². The van der Waals surface area contributed by atoms with Crippen LogP contribution in [0.1, 0.15) is 49.1 Å². The Hall–Kier alpha value is -3.58. The van der Waals surface area contributed by atoms with Gasteiger partial charge < -0.3 is 24.1 Å². The van der Waals surface area contributed by atoms with E-state index < -0.39 is 11.3 Å². The number of aromatic nitrogens is 2. The fourth-order valence-electron chi connectivity index (χ4n) is 5.06. The molecule has 1 saturated heterocycles. The normalized spacial score (nSPS) is 21.0. The number of nitrogens with zero attached hydrogens (tertiary/aromatic N) is 4. The average Bonchev–Trinajstić information content (AvgIpc) is 3.44. The fourth-order valence-corrected chi connectivity index (χ4v) is 5.06. The maximum absolute atomic E-state index is 11.3. The second-order valence-electron chi connectivity index (χ2n) is 9.85. The summed E-state index contributed by atoms with van der Waals surface area (Å²) in [6, 6.07) is 14.2. The molecular weight excluding hydrogens is 440 g/mol. The Morgan fingerprint density at radius 2 is 1.91 bits per heavy atom. The minimum Gasteiger partial charge on any atom is -0.495 e. The van der Waals surface area contributed by atoms with Gasteiger partial charge in [-0.15, -0.1) is 0 Å². The standard InChI is InChI=1S/C28H32N4O3/c1-19-8-11-23(12-9-19)28(27(3,4)33)32-14-6-7-22(26(32)30-35-28)15-21-10-13-24(25(16-21)34-5)31-17-20(2)29-18-31/h8-13,15-18,33H,6-7,14H2,1-5H3/b22-15+. The van der Waals surface area contributed by atoms with E-state index in [1.54, 1.807) is 27.3 Å². The number of aryl methyl sites for hydroxylation is 2. The number of imidazole rings is 1. The van der Waals surface area contributed by atoms with Gasteiger partial charge in [-0.1, -0.05) is 41.1 Å². The Bertz CT molecular complexity index is 1300. The third-order valence-electron chi connectivity index (χ3n) is 6.82. The lowest BCUT2D eigenvalue weighted by molar-refractivity contribution is -0.220. The van der Waals surface area contributed by atoms with Crippen molar-refractivity contribution in [3.63, 3.8) is 0 Å². The summed E-state index contributed by atoms with van der Waals surface area (Å²) in [6.45, 7) is 8.32. The van der Waals surface area contributed by atoms with E-state index in [0.29, 0.717) is 0 Å². The molecule has 2 aromatic carbocycles. The Kier molecular flexibility index (Phi) is 5.68. The number of hydrogen-bond acceptors (Lipinski definition) is 6. The van der Waals surface area contributed by atoms with Crippen LogP contribution in [-0.2, 0) is 10.6 Å². The highest BCUT2D eigenvalue weighted by Gasteiger charge is 2.58. The number of benzene rings is 2. The number of amidine groups is 1. The minimum absolute atomic E-state index is 0.746. The van der Waals surface area contributed by atoms with E-state index >= 15 is 0 Å². The van der Waals surface area contributed by atoms with Crippen molar-refractivity contribution >= 4 is 11.9 Å². The van der Waals surface area contributed by atoms with E-state index in [9.17, 15) is 5.11 Å². The molecule has 0 amide bonds. The quantitative estimate of drug-likeness (QED) is 0.569. The Balaban J connectivity index is 1.51. The smallest absolute Gasteiger partial charge is 0.265 e. The van der Waals surface area contributed by atoms with E-state index in [0.717, 1.165) is 64.6 Å². The molecule has 0 radical (unpaired) electrons. The van der Waals surface area contributed by atoms with Crippen molar-refractivity contribution in [1.82, 2.24) is 14.5 Å². The van der Waals surface area contributed by atoms with Gasteiger partial charge in [0.2, 0.25) is 0 Å². The van der Waals surface area contributed by atoms with Gasteiger partial charge in [0, 0.05) is 18.3 Å². The van der Waals surface area contributed by atoms with Crippen LogP contribution in [0.15, 0.2) is 65.7 Å². The molecule has 1 N–H and O–H groups in total. The predicted molar refractivity (Wildman–Crippen MR) is 136 cm³/mol. The lowest BCUT2D eigenvalue weighted by atomic mass is 9.83. The molecule has 1 fully saturated rings. The largest absolute Gasteiger partial charge is 0.495 e. The van der Waals surface area contributed by atoms with Crippen molar-refractivity contribution in [3.05, 3.63) is 82.9 Å². The van der Waals surface area contributed by atoms with Crippen LogP contribution in [0.2, 0.25) is 0 Å². The third-order valence-corrected chi connectivity index (χ3v) is 6.82. The maximum Gasteiger partial charge on any atom is 0.265 e. The van der Waals surface area contributed by atoms with Gasteiger partial charge in [-0.05, 0) is 69.9 Å². The first kappa shape index (κ1) is 23.2. The van der Waals surface area contributed by atoms with Crippen LogP contribution in [0.3, 0.4) is 0 Å². The summed E-state index contributed by atoms with van der Waals surface area (Å²) in [4.78, 5) is 12.6. The predicted octanol–water partition coefficient (Wildman–Crippen LogP) is 4.94. The Morgan fingerprint density at radius 3 is 2.57 bits per heavy atom. The molecule has 0 saturated carbocycles. The highest BCUT2D eigenvalue weighted by atomic mass is 16.7.